The maximum Gasteiger partial charge on any atom is 0.180 e. The zero-order chi connectivity index (χ0) is 12.2. The van der Waals surface area contributed by atoms with Crippen LogP contribution < -0.4 is 0 Å². The Morgan fingerprint density at radius 3 is 2.19 bits per heavy atom. The lowest BCUT2D eigenvalue weighted by atomic mass is 10.1. The van der Waals surface area contributed by atoms with Crippen LogP contribution in [0.4, 0.5) is 0 Å². The molecule has 90 valence electrons. The van der Waals surface area contributed by atoms with Gasteiger partial charge in [-0.3, -0.25) is 0 Å². The van der Waals surface area contributed by atoms with Crippen LogP contribution in [-0.4, -0.2) is 19.0 Å². The predicted molar refractivity (Wildman–Crippen MR) is 70.9 cm³/mol. The lowest BCUT2D eigenvalue weighted by Gasteiger charge is -2.08. The number of alkyl halides is 1. The summed E-state index contributed by atoms with van der Waals surface area (Å²) in [4.78, 5) is 0.421. The van der Waals surface area contributed by atoms with Crippen LogP contribution >= 0.6 is 15.9 Å². The highest BCUT2D eigenvalue weighted by atomic mass is 79.9. The average molecular weight is 305 g/mol. The number of aryl methyl sites for hydroxylation is 1. The van der Waals surface area contributed by atoms with Gasteiger partial charge >= 0.3 is 0 Å². The molecule has 0 spiro atoms. The minimum absolute atomic E-state index is 0.360. The third kappa shape index (κ3) is 3.32. The Morgan fingerprint density at radius 2 is 1.75 bits per heavy atom. The molecule has 16 heavy (non-hydrogen) atoms. The van der Waals surface area contributed by atoms with E-state index in [9.17, 15) is 8.42 Å². The average Bonchev–Trinajstić information content (AvgIpc) is 2.26. The maximum atomic E-state index is 11.8. The summed E-state index contributed by atoms with van der Waals surface area (Å²) in [5, 5.41) is 0.611. The van der Waals surface area contributed by atoms with Crippen LogP contribution in [0.15, 0.2) is 29.2 Å². The fourth-order valence-corrected chi connectivity index (χ4v) is 2.73. The first-order valence-corrected chi connectivity index (χ1v) is 8.04. The Bertz CT molecular complexity index is 421. The molecule has 0 fully saturated rings. The Morgan fingerprint density at radius 1 is 1.19 bits per heavy atom. The summed E-state index contributed by atoms with van der Waals surface area (Å²) in [7, 11) is -3.12. The van der Waals surface area contributed by atoms with Crippen LogP contribution in [0.3, 0.4) is 0 Å². The number of rotatable bonds is 5. The SMILES string of the molecule is CC(C)S(=O)(=O)c1ccc(CCCBr)cc1. The zero-order valence-electron chi connectivity index (χ0n) is 9.61. The summed E-state index contributed by atoms with van der Waals surface area (Å²) in [6, 6.07) is 7.22. The van der Waals surface area contributed by atoms with Crippen molar-refractivity contribution in [3.63, 3.8) is 0 Å². The number of sulfone groups is 1. The van der Waals surface area contributed by atoms with E-state index >= 15 is 0 Å². The highest BCUT2D eigenvalue weighted by Crippen LogP contribution is 2.17. The van der Waals surface area contributed by atoms with E-state index in [0.717, 1.165) is 18.2 Å². The van der Waals surface area contributed by atoms with Crippen molar-refractivity contribution in [1.29, 1.82) is 0 Å². The van der Waals surface area contributed by atoms with Gasteiger partial charge in [-0.2, -0.15) is 0 Å². The molecule has 0 heterocycles. The van der Waals surface area contributed by atoms with Gasteiger partial charge in [-0.15, -0.1) is 0 Å². The summed E-state index contributed by atoms with van der Waals surface area (Å²) in [5.74, 6) is 0. The molecule has 1 rings (SSSR count). The van der Waals surface area contributed by atoms with E-state index in [0.29, 0.717) is 4.90 Å². The summed E-state index contributed by atoms with van der Waals surface area (Å²) in [5.41, 5.74) is 1.18. The molecule has 1 aromatic rings. The molecule has 0 aliphatic carbocycles. The largest absolute Gasteiger partial charge is 0.223 e. The minimum atomic E-state index is -3.12. The summed E-state index contributed by atoms with van der Waals surface area (Å²) >= 11 is 3.38. The third-order valence-electron chi connectivity index (χ3n) is 2.47. The van der Waals surface area contributed by atoms with E-state index < -0.39 is 9.84 Å². The number of benzene rings is 1. The molecular formula is C12H17BrO2S. The smallest absolute Gasteiger partial charge is 0.180 e. The molecule has 0 aliphatic heterocycles. The van der Waals surface area contributed by atoms with Gasteiger partial charge in [-0.25, -0.2) is 8.42 Å². The molecule has 0 saturated carbocycles. The monoisotopic (exact) mass is 304 g/mol. The first-order valence-electron chi connectivity index (χ1n) is 5.37. The van der Waals surface area contributed by atoms with Gasteiger partial charge in [-0.1, -0.05) is 28.1 Å². The van der Waals surface area contributed by atoms with E-state index in [4.69, 9.17) is 0 Å². The quantitative estimate of drug-likeness (QED) is 0.783. The first kappa shape index (κ1) is 13.7. The topological polar surface area (TPSA) is 34.1 Å². The Hall–Kier alpha value is -0.350. The van der Waals surface area contributed by atoms with Crippen LogP contribution in [0.25, 0.3) is 0 Å². The first-order chi connectivity index (χ1) is 7.48. The summed E-state index contributed by atoms with van der Waals surface area (Å²) in [6.07, 6.45) is 2.05. The van der Waals surface area contributed by atoms with Crippen molar-refractivity contribution in [3.8, 4) is 0 Å². The molecule has 0 aliphatic rings. The van der Waals surface area contributed by atoms with Crippen molar-refractivity contribution in [2.45, 2.75) is 36.8 Å². The van der Waals surface area contributed by atoms with Crippen molar-refractivity contribution in [2.24, 2.45) is 0 Å². The van der Waals surface area contributed by atoms with Crippen LogP contribution in [0, 0.1) is 0 Å². The second-order valence-electron chi connectivity index (χ2n) is 4.03. The van der Waals surface area contributed by atoms with Gasteiger partial charge < -0.3 is 0 Å². The zero-order valence-corrected chi connectivity index (χ0v) is 12.0. The van der Waals surface area contributed by atoms with Crippen molar-refractivity contribution < 1.29 is 8.42 Å². The molecule has 4 heteroatoms. The van der Waals surface area contributed by atoms with Gasteiger partial charge in [-0.05, 0) is 44.4 Å². The molecule has 0 amide bonds. The maximum absolute atomic E-state index is 11.8. The molecule has 0 saturated heterocycles. The molecule has 2 nitrogen and oxygen atoms in total. The Balaban J connectivity index is 2.87. The molecule has 0 N–H and O–H groups in total. The van der Waals surface area contributed by atoms with E-state index in [2.05, 4.69) is 15.9 Å². The molecule has 0 atom stereocenters. The Labute approximate surface area is 106 Å². The highest BCUT2D eigenvalue weighted by molar-refractivity contribution is 9.09. The Kier molecular flexibility index (Phi) is 4.99. The molecule has 0 unspecified atom stereocenters. The minimum Gasteiger partial charge on any atom is -0.223 e. The summed E-state index contributed by atoms with van der Waals surface area (Å²) < 4.78 is 23.7. The van der Waals surface area contributed by atoms with E-state index in [1.807, 2.05) is 12.1 Å². The number of hydrogen-bond donors (Lipinski definition) is 0. The van der Waals surface area contributed by atoms with Gasteiger partial charge in [0.2, 0.25) is 0 Å². The summed E-state index contributed by atoms with van der Waals surface area (Å²) in [6.45, 7) is 3.40. The molecule has 0 bridgehead atoms. The van der Waals surface area contributed by atoms with E-state index in [1.165, 1.54) is 5.56 Å². The second kappa shape index (κ2) is 5.82. The van der Waals surface area contributed by atoms with Gasteiger partial charge in [0.05, 0.1) is 10.1 Å². The van der Waals surface area contributed by atoms with Gasteiger partial charge in [0.15, 0.2) is 9.84 Å². The van der Waals surface area contributed by atoms with Crippen molar-refractivity contribution >= 4 is 25.8 Å². The number of hydrogen-bond acceptors (Lipinski definition) is 2. The van der Waals surface area contributed by atoms with Crippen molar-refractivity contribution in [1.82, 2.24) is 0 Å². The standard InChI is InChI=1S/C12H17BrO2S/c1-10(2)16(14,15)12-7-5-11(6-8-12)4-3-9-13/h5-8,10H,3-4,9H2,1-2H3. The lowest BCUT2D eigenvalue weighted by molar-refractivity contribution is 0.587. The fraction of sp³-hybridized carbons (Fsp3) is 0.500. The van der Waals surface area contributed by atoms with Crippen LogP contribution in [0.2, 0.25) is 0 Å². The van der Waals surface area contributed by atoms with Gasteiger partial charge in [0.25, 0.3) is 0 Å². The highest BCUT2D eigenvalue weighted by Gasteiger charge is 2.18. The molecule has 1 aromatic carbocycles. The normalized spacial score (nSPS) is 12.0. The predicted octanol–water partition coefficient (Wildman–Crippen LogP) is 3.20. The van der Waals surface area contributed by atoms with E-state index in [-0.39, 0.29) is 5.25 Å². The van der Waals surface area contributed by atoms with E-state index in [1.54, 1.807) is 26.0 Å². The van der Waals surface area contributed by atoms with Crippen LogP contribution in [-0.2, 0) is 16.3 Å². The van der Waals surface area contributed by atoms with Gasteiger partial charge in [0, 0.05) is 5.33 Å². The molecular weight excluding hydrogens is 288 g/mol. The number of halogens is 1. The van der Waals surface area contributed by atoms with Crippen LogP contribution in [0.5, 0.6) is 0 Å². The lowest BCUT2D eigenvalue weighted by Crippen LogP contribution is -2.13. The van der Waals surface area contributed by atoms with Crippen molar-refractivity contribution in [2.75, 3.05) is 5.33 Å². The molecule has 0 radical (unpaired) electrons. The second-order valence-corrected chi connectivity index (χ2v) is 7.33. The fourth-order valence-electron chi connectivity index (χ4n) is 1.39. The van der Waals surface area contributed by atoms with Crippen LogP contribution in [0.1, 0.15) is 25.8 Å². The third-order valence-corrected chi connectivity index (χ3v) is 5.20. The van der Waals surface area contributed by atoms with Crippen molar-refractivity contribution in [3.05, 3.63) is 29.8 Å². The van der Waals surface area contributed by atoms with Gasteiger partial charge in [0.1, 0.15) is 0 Å². The molecule has 0 aromatic heterocycles.